The van der Waals surface area contributed by atoms with E-state index in [9.17, 15) is 14.4 Å². The minimum absolute atomic E-state index is 0.0321. The Morgan fingerprint density at radius 2 is 1.88 bits per heavy atom. The summed E-state index contributed by atoms with van der Waals surface area (Å²) in [4.78, 5) is 44.6. The summed E-state index contributed by atoms with van der Waals surface area (Å²) in [5.41, 5.74) is 1.07. The second-order valence-corrected chi connectivity index (χ2v) is 8.70. The summed E-state index contributed by atoms with van der Waals surface area (Å²) in [6.07, 6.45) is 0.830. The molecular formula is C25H27N3O5. The number of anilines is 1. The molecule has 5 rings (SSSR count). The normalized spacial score (nSPS) is 21.0. The number of hydrogen-bond donors (Lipinski definition) is 0. The van der Waals surface area contributed by atoms with Crippen LogP contribution in [-0.2, 0) is 16.1 Å². The smallest absolute Gasteiger partial charge is 0.258 e. The van der Waals surface area contributed by atoms with Crippen molar-refractivity contribution in [3.05, 3.63) is 53.6 Å². The van der Waals surface area contributed by atoms with Gasteiger partial charge in [-0.25, -0.2) is 0 Å². The van der Waals surface area contributed by atoms with E-state index in [-0.39, 0.29) is 24.3 Å². The van der Waals surface area contributed by atoms with E-state index in [0.717, 1.165) is 5.56 Å². The van der Waals surface area contributed by atoms with Gasteiger partial charge in [0.2, 0.25) is 11.8 Å². The van der Waals surface area contributed by atoms with E-state index in [1.807, 2.05) is 38.1 Å². The number of carbonyl (C=O) groups excluding carboxylic acids is 3. The zero-order chi connectivity index (χ0) is 23.2. The van der Waals surface area contributed by atoms with Gasteiger partial charge in [0.05, 0.1) is 11.3 Å². The number of rotatable bonds is 5. The van der Waals surface area contributed by atoms with Gasteiger partial charge < -0.3 is 19.3 Å². The van der Waals surface area contributed by atoms with Crippen molar-refractivity contribution < 1.29 is 23.9 Å². The van der Waals surface area contributed by atoms with Gasteiger partial charge in [-0.05, 0) is 38.5 Å². The van der Waals surface area contributed by atoms with Gasteiger partial charge in [-0.2, -0.15) is 0 Å². The molecule has 33 heavy (non-hydrogen) atoms. The predicted octanol–water partition coefficient (Wildman–Crippen LogP) is 2.81. The maximum Gasteiger partial charge on any atom is 0.258 e. The van der Waals surface area contributed by atoms with Crippen molar-refractivity contribution in [3.8, 4) is 11.5 Å². The molecule has 1 atom stereocenters. The number of fused-ring (bicyclic) bond motifs is 4. The van der Waals surface area contributed by atoms with E-state index >= 15 is 0 Å². The molecule has 0 saturated carbocycles. The van der Waals surface area contributed by atoms with Crippen LogP contribution in [0.2, 0.25) is 0 Å². The number of likely N-dealkylation sites (N-methyl/N-ethyl adjacent to an activating group) is 1. The van der Waals surface area contributed by atoms with Crippen LogP contribution in [0.4, 0.5) is 5.69 Å². The molecule has 0 aromatic heterocycles. The lowest BCUT2D eigenvalue weighted by Gasteiger charge is -2.48. The van der Waals surface area contributed by atoms with Crippen LogP contribution in [0, 0.1) is 0 Å². The van der Waals surface area contributed by atoms with Gasteiger partial charge in [0.1, 0.15) is 25.4 Å². The fourth-order valence-corrected chi connectivity index (χ4v) is 5.02. The molecule has 2 aromatic carbocycles. The van der Waals surface area contributed by atoms with Crippen LogP contribution in [0.1, 0.15) is 42.6 Å². The highest BCUT2D eigenvalue weighted by Gasteiger charge is 2.53. The molecule has 8 nitrogen and oxygen atoms in total. The number of nitrogens with zero attached hydrogens (tertiary/aromatic N) is 3. The molecule has 2 aromatic rings. The lowest BCUT2D eigenvalue weighted by atomic mass is 9.98. The van der Waals surface area contributed by atoms with E-state index < -0.39 is 5.66 Å². The van der Waals surface area contributed by atoms with E-state index in [4.69, 9.17) is 9.47 Å². The number of ether oxygens (including phenoxy) is 2. The molecule has 3 aliphatic rings. The van der Waals surface area contributed by atoms with Crippen molar-refractivity contribution in [1.82, 2.24) is 9.80 Å². The third kappa shape index (κ3) is 3.41. The summed E-state index contributed by atoms with van der Waals surface area (Å²) < 4.78 is 11.5. The first kappa shape index (κ1) is 21.3. The van der Waals surface area contributed by atoms with Crippen LogP contribution in [0.15, 0.2) is 42.5 Å². The summed E-state index contributed by atoms with van der Waals surface area (Å²) in [5.74, 6) is 0.905. The maximum absolute atomic E-state index is 13.4. The highest BCUT2D eigenvalue weighted by Crippen LogP contribution is 2.44. The second-order valence-electron chi connectivity index (χ2n) is 8.70. The highest BCUT2D eigenvalue weighted by atomic mass is 16.6. The number of hydrogen-bond acceptors (Lipinski definition) is 5. The molecule has 0 N–H and O–H groups in total. The Morgan fingerprint density at radius 3 is 2.70 bits per heavy atom. The van der Waals surface area contributed by atoms with Crippen molar-refractivity contribution in [2.45, 2.75) is 38.9 Å². The van der Waals surface area contributed by atoms with Crippen molar-refractivity contribution in [2.24, 2.45) is 0 Å². The van der Waals surface area contributed by atoms with Gasteiger partial charge in [-0.15, -0.1) is 0 Å². The predicted molar refractivity (Wildman–Crippen MR) is 121 cm³/mol. The molecule has 0 aliphatic carbocycles. The third-order valence-corrected chi connectivity index (χ3v) is 6.78. The molecule has 3 amide bonds. The summed E-state index contributed by atoms with van der Waals surface area (Å²) in [6, 6.07) is 12.8. The molecule has 172 valence electrons. The lowest BCUT2D eigenvalue weighted by molar-refractivity contribution is -0.134. The Bertz CT molecular complexity index is 1130. The maximum atomic E-state index is 13.4. The van der Waals surface area contributed by atoms with E-state index in [1.54, 1.807) is 32.9 Å². The first-order valence-corrected chi connectivity index (χ1v) is 11.3. The Morgan fingerprint density at radius 1 is 1.09 bits per heavy atom. The molecule has 1 unspecified atom stereocenters. The Balaban J connectivity index is 1.42. The SMILES string of the molecule is CCN(Cc1cccc2c1OCCO2)C(=O)CN1C(=O)c2ccccc2N2C(=O)CCC12C. The summed E-state index contributed by atoms with van der Waals surface area (Å²) >= 11 is 0. The summed E-state index contributed by atoms with van der Waals surface area (Å²) in [5, 5.41) is 0. The van der Waals surface area contributed by atoms with Crippen LogP contribution in [-0.4, -0.2) is 59.5 Å². The summed E-state index contributed by atoms with van der Waals surface area (Å²) in [7, 11) is 0. The van der Waals surface area contributed by atoms with Gasteiger partial charge in [0.15, 0.2) is 11.5 Å². The number of carbonyl (C=O) groups is 3. The molecule has 0 radical (unpaired) electrons. The van der Waals surface area contributed by atoms with Crippen LogP contribution in [0.3, 0.4) is 0 Å². The first-order chi connectivity index (χ1) is 15.9. The average molecular weight is 450 g/mol. The Hall–Kier alpha value is -3.55. The van der Waals surface area contributed by atoms with Crippen molar-refractivity contribution in [3.63, 3.8) is 0 Å². The fourth-order valence-electron chi connectivity index (χ4n) is 5.02. The van der Waals surface area contributed by atoms with Crippen LogP contribution < -0.4 is 14.4 Å². The minimum atomic E-state index is -0.861. The van der Waals surface area contributed by atoms with Gasteiger partial charge in [0, 0.05) is 25.1 Å². The lowest BCUT2D eigenvalue weighted by Crippen LogP contribution is -2.64. The molecule has 1 fully saturated rings. The van der Waals surface area contributed by atoms with Crippen LogP contribution >= 0.6 is 0 Å². The molecular weight excluding hydrogens is 422 g/mol. The fraction of sp³-hybridized carbons (Fsp3) is 0.400. The second kappa shape index (κ2) is 8.10. The van der Waals surface area contributed by atoms with Gasteiger partial charge in [-0.1, -0.05) is 24.3 Å². The molecule has 8 heteroatoms. The topological polar surface area (TPSA) is 79.4 Å². The monoisotopic (exact) mass is 449 g/mol. The molecule has 3 aliphatic heterocycles. The number of para-hydroxylation sites is 2. The van der Waals surface area contributed by atoms with Gasteiger partial charge in [0.25, 0.3) is 5.91 Å². The van der Waals surface area contributed by atoms with Crippen LogP contribution in [0.25, 0.3) is 0 Å². The summed E-state index contributed by atoms with van der Waals surface area (Å²) in [6.45, 7) is 5.46. The zero-order valence-corrected chi connectivity index (χ0v) is 18.9. The molecule has 1 saturated heterocycles. The molecule has 0 bridgehead atoms. The first-order valence-electron chi connectivity index (χ1n) is 11.3. The highest BCUT2D eigenvalue weighted by molar-refractivity contribution is 6.11. The Kier molecular flexibility index (Phi) is 5.23. The Labute approximate surface area is 192 Å². The van der Waals surface area contributed by atoms with E-state index in [2.05, 4.69) is 0 Å². The zero-order valence-electron chi connectivity index (χ0n) is 18.9. The van der Waals surface area contributed by atoms with Gasteiger partial charge >= 0.3 is 0 Å². The van der Waals surface area contributed by atoms with E-state index in [1.165, 1.54) is 0 Å². The molecule has 3 heterocycles. The number of amides is 3. The third-order valence-electron chi connectivity index (χ3n) is 6.78. The van der Waals surface area contributed by atoms with Crippen molar-refractivity contribution in [2.75, 3.05) is 31.2 Å². The standard InChI is InChI=1S/C25H27N3O5/c1-3-26(15-17-7-6-10-20-23(17)33-14-13-32-20)22(30)16-27-24(31)18-8-4-5-9-19(18)28-21(29)11-12-25(27,28)2/h4-10H,3,11-16H2,1-2H3. The number of benzene rings is 2. The van der Waals surface area contributed by atoms with Crippen molar-refractivity contribution in [1.29, 1.82) is 0 Å². The largest absolute Gasteiger partial charge is 0.486 e. The van der Waals surface area contributed by atoms with E-state index in [0.29, 0.717) is 61.9 Å². The van der Waals surface area contributed by atoms with Crippen LogP contribution in [0.5, 0.6) is 11.5 Å². The van der Waals surface area contributed by atoms with Crippen molar-refractivity contribution >= 4 is 23.4 Å². The van der Waals surface area contributed by atoms with Gasteiger partial charge in [-0.3, -0.25) is 19.3 Å². The average Bonchev–Trinajstić information content (AvgIpc) is 3.15. The quantitative estimate of drug-likeness (QED) is 0.701. The molecule has 0 spiro atoms. The minimum Gasteiger partial charge on any atom is -0.486 e.